The van der Waals surface area contributed by atoms with Crippen LogP contribution in [0.2, 0.25) is 0 Å². The maximum atomic E-state index is 6.36. The molecule has 2 unspecified atom stereocenters. The van der Waals surface area contributed by atoms with Gasteiger partial charge in [0.1, 0.15) is 0 Å². The Bertz CT molecular complexity index is 643. The van der Waals surface area contributed by atoms with Crippen molar-refractivity contribution in [3.05, 3.63) is 69.9 Å². The molecule has 0 saturated carbocycles. The monoisotopic (exact) mass is 440 g/mol. The van der Waals surface area contributed by atoms with Crippen LogP contribution in [0.5, 0.6) is 0 Å². The second kappa shape index (κ2) is 17.9. The van der Waals surface area contributed by atoms with E-state index in [1.165, 1.54) is 33.4 Å². The normalized spacial score (nSPS) is 15.4. The van der Waals surface area contributed by atoms with Crippen LogP contribution in [-0.4, -0.2) is 12.1 Å². The topological polar surface area (TPSA) is 52.0 Å². The summed E-state index contributed by atoms with van der Waals surface area (Å²) in [7, 11) is 0. The van der Waals surface area contributed by atoms with E-state index >= 15 is 0 Å². The van der Waals surface area contributed by atoms with Crippen LogP contribution in [0.1, 0.15) is 107 Å². The molecule has 0 fully saturated rings. The average molecular weight is 441 g/mol. The molecule has 0 rings (SSSR count). The summed E-state index contributed by atoms with van der Waals surface area (Å²) in [5, 5.41) is 0. The largest absolute Gasteiger partial charge is 0.323 e. The Morgan fingerprint density at radius 3 is 1.06 bits per heavy atom. The Balaban J connectivity index is 4.46. The molecule has 0 spiro atoms. The third kappa shape index (κ3) is 18.0. The highest BCUT2D eigenvalue weighted by Crippen LogP contribution is 2.14. The lowest BCUT2D eigenvalue weighted by Crippen LogP contribution is -2.38. The van der Waals surface area contributed by atoms with Crippen molar-refractivity contribution in [1.29, 1.82) is 0 Å². The zero-order valence-corrected chi connectivity index (χ0v) is 22.4. The van der Waals surface area contributed by atoms with E-state index in [-0.39, 0.29) is 12.1 Å². The average Bonchev–Trinajstić information content (AvgIpc) is 2.67. The molecule has 32 heavy (non-hydrogen) atoms. The number of hydrogen-bond acceptors (Lipinski definition) is 2. The second-order valence-electron chi connectivity index (χ2n) is 10.00. The maximum absolute atomic E-state index is 6.36. The van der Waals surface area contributed by atoms with Crippen LogP contribution in [0, 0.1) is 0 Å². The highest BCUT2D eigenvalue weighted by molar-refractivity contribution is 5.15. The molecular formula is C30H52N2. The molecule has 0 heterocycles. The van der Waals surface area contributed by atoms with E-state index in [1.807, 2.05) is 0 Å². The molecule has 0 aliphatic carbocycles. The smallest absolute Gasteiger partial charge is 0.0417 e. The van der Waals surface area contributed by atoms with Crippen LogP contribution < -0.4 is 11.5 Å². The number of allylic oxidation sites excluding steroid dienone is 10. The third-order valence-electron chi connectivity index (χ3n) is 5.64. The number of nitrogens with two attached hydrogens (primary N) is 2. The van der Waals surface area contributed by atoms with Crippen molar-refractivity contribution in [2.45, 2.75) is 119 Å². The van der Waals surface area contributed by atoms with E-state index in [0.29, 0.717) is 0 Å². The standard InChI is InChI=1S/C30H52N2/c1-23(2)13-9-15-25(5)17-11-19-27(7)21-29(31)30(32)22-28(8)20-12-18-26(6)16-10-14-24(3)4/h13-14,17-18,21-22,29-30H,9-12,15-16,19-20,31-32H2,1-8H3/b25-17+,26-18+,27-21+,28-22+. The first-order valence-corrected chi connectivity index (χ1v) is 12.4. The molecular weight excluding hydrogens is 388 g/mol. The Labute approximate surface area is 200 Å². The van der Waals surface area contributed by atoms with E-state index in [9.17, 15) is 0 Å². The van der Waals surface area contributed by atoms with Gasteiger partial charge in [0.05, 0.1) is 0 Å². The van der Waals surface area contributed by atoms with Crippen molar-refractivity contribution in [2.75, 3.05) is 0 Å². The predicted molar refractivity (Wildman–Crippen MR) is 147 cm³/mol. The summed E-state index contributed by atoms with van der Waals surface area (Å²) >= 11 is 0. The van der Waals surface area contributed by atoms with Crippen LogP contribution in [0.25, 0.3) is 0 Å². The lowest BCUT2D eigenvalue weighted by molar-refractivity contribution is 0.690. The molecule has 0 aromatic carbocycles. The highest BCUT2D eigenvalue weighted by Gasteiger charge is 2.08. The summed E-state index contributed by atoms with van der Waals surface area (Å²) in [6.07, 6.45) is 22.4. The van der Waals surface area contributed by atoms with Crippen molar-refractivity contribution in [1.82, 2.24) is 0 Å². The Morgan fingerprint density at radius 1 is 0.469 bits per heavy atom. The van der Waals surface area contributed by atoms with E-state index in [4.69, 9.17) is 11.5 Å². The van der Waals surface area contributed by atoms with E-state index in [1.54, 1.807) is 0 Å². The van der Waals surface area contributed by atoms with Crippen LogP contribution in [0.3, 0.4) is 0 Å². The van der Waals surface area contributed by atoms with Crippen LogP contribution in [-0.2, 0) is 0 Å². The first-order chi connectivity index (χ1) is 15.0. The minimum Gasteiger partial charge on any atom is -0.323 e. The van der Waals surface area contributed by atoms with Gasteiger partial charge in [-0.15, -0.1) is 0 Å². The molecule has 0 amide bonds. The van der Waals surface area contributed by atoms with Crippen molar-refractivity contribution in [3.8, 4) is 0 Å². The van der Waals surface area contributed by atoms with Crippen molar-refractivity contribution in [3.63, 3.8) is 0 Å². The van der Waals surface area contributed by atoms with E-state index in [2.05, 4.69) is 91.8 Å². The molecule has 0 aromatic heterocycles. The van der Waals surface area contributed by atoms with E-state index < -0.39 is 0 Å². The highest BCUT2D eigenvalue weighted by atomic mass is 14.8. The minimum absolute atomic E-state index is 0.131. The van der Waals surface area contributed by atoms with Crippen LogP contribution in [0.4, 0.5) is 0 Å². The van der Waals surface area contributed by atoms with Crippen molar-refractivity contribution < 1.29 is 0 Å². The molecule has 0 radical (unpaired) electrons. The number of hydrogen-bond donors (Lipinski definition) is 2. The summed E-state index contributed by atoms with van der Waals surface area (Å²) in [5.41, 5.74) is 21.1. The predicted octanol–water partition coefficient (Wildman–Crippen LogP) is 8.48. The minimum atomic E-state index is -0.131. The molecule has 2 atom stereocenters. The number of rotatable bonds is 15. The third-order valence-corrected chi connectivity index (χ3v) is 5.64. The van der Waals surface area contributed by atoms with Gasteiger partial charge >= 0.3 is 0 Å². The Hall–Kier alpha value is -1.64. The summed E-state index contributed by atoms with van der Waals surface area (Å²) in [4.78, 5) is 0. The van der Waals surface area contributed by atoms with Gasteiger partial charge in [-0.3, -0.25) is 0 Å². The molecule has 0 aromatic rings. The zero-order chi connectivity index (χ0) is 24.5. The van der Waals surface area contributed by atoms with Gasteiger partial charge in [-0.05, 0) is 107 Å². The quantitative estimate of drug-likeness (QED) is 0.251. The van der Waals surface area contributed by atoms with E-state index in [0.717, 1.165) is 51.4 Å². The first kappa shape index (κ1) is 30.4. The summed E-state index contributed by atoms with van der Waals surface area (Å²) in [6.45, 7) is 17.4. The first-order valence-electron chi connectivity index (χ1n) is 12.4. The van der Waals surface area contributed by atoms with Gasteiger partial charge in [-0.2, -0.15) is 0 Å². The van der Waals surface area contributed by atoms with Gasteiger partial charge in [0.2, 0.25) is 0 Å². The fraction of sp³-hybridized carbons (Fsp3) is 0.600. The van der Waals surface area contributed by atoms with Crippen LogP contribution >= 0.6 is 0 Å². The SMILES string of the molecule is CC(C)=CCC/C(C)=C/CC/C(C)=C/C(N)C(N)/C=C(\C)CC/C=C(\C)CCC=C(C)C. The van der Waals surface area contributed by atoms with Gasteiger partial charge in [-0.25, -0.2) is 0 Å². The van der Waals surface area contributed by atoms with Gasteiger partial charge < -0.3 is 11.5 Å². The molecule has 0 saturated heterocycles. The van der Waals surface area contributed by atoms with Gasteiger partial charge in [0.15, 0.2) is 0 Å². The van der Waals surface area contributed by atoms with Gasteiger partial charge in [0, 0.05) is 12.1 Å². The summed E-state index contributed by atoms with van der Waals surface area (Å²) in [6, 6.07) is -0.261. The summed E-state index contributed by atoms with van der Waals surface area (Å²) < 4.78 is 0. The fourth-order valence-corrected chi connectivity index (χ4v) is 3.52. The van der Waals surface area contributed by atoms with Crippen molar-refractivity contribution in [2.24, 2.45) is 11.5 Å². The molecule has 4 N–H and O–H groups in total. The van der Waals surface area contributed by atoms with Gasteiger partial charge in [0.25, 0.3) is 0 Å². The van der Waals surface area contributed by atoms with Crippen molar-refractivity contribution >= 4 is 0 Å². The lowest BCUT2D eigenvalue weighted by Gasteiger charge is -2.15. The summed E-state index contributed by atoms with van der Waals surface area (Å²) in [5.74, 6) is 0. The van der Waals surface area contributed by atoms with Gasteiger partial charge in [-0.1, -0.05) is 69.9 Å². The Kier molecular flexibility index (Phi) is 16.9. The molecule has 2 heteroatoms. The zero-order valence-electron chi connectivity index (χ0n) is 22.4. The second-order valence-corrected chi connectivity index (χ2v) is 10.00. The molecule has 2 nitrogen and oxygen atoms in total. The molecule has 0 bridgehead atoms. The lowest BCUT2D eigenvalue weighted by atomic mass is 10.00. The van der Waals surface area contributed by atoms with Crippen LogP contribution in [0.15, 0.2) is 69.9 Å². The Morgan fingerprint density at radius 2 is 0.750 bits per heavy atom. The molecule has 0 aliphatic rings. The maximum Gasteiger partial charge on any atom is 0.0417 e. The molecule has 0 aliphatic heterocycles. The molecule has 182 valence electrons. The fourth-order valence-electron chi connectivity index (χ4n) is 3.52.